The van der Waals surface area contributed by atoms with Gasteiger partial charge in [-0.25, -0.2) is 0 Å². The van der Waals surface area contributed by atoms with Crippen LogP contribution in [0.3, 0.4) is 0 Å². The number of methoxy groups -OCH3 is 1. The summed E-state index contributed by atoms with van der Waals surface area (Å²) >= 11 is 0. The molecule has 0 saturated heterocycles. The number of benzene rings is 2. The van der Waals surface area contributed by atoms with E-state index in [2.05, 4.69) is 10.2 Å². The Bertz CT molecular complexity index is 793. The van der Waals surface area contributed by atoms with Crippen molar-refractivity contribution in [3.63, 3.8) is 0 Å². The molecule has 0 unspecified atom stereocenters. The lowest BCUT2D eigenvalue weighted by atomic mass is 10.0. The molecule has 3 aromatic rings. The molecule has 0 radical (unpaired) electrons. The maximum atomic E-state index is 12.8. The summed E-state index contributed by atoms with van der Waals surface area (Å²) in [5, 5.41) is 7.64. The minimum atomic E-state index is -4.38. The van der Waals surface area contributed by atoms with E-state index in [1.54, 1.807) is 24.3 Å². The van der Waals surface area contributed by atoms with Crippen molar-refractivity contribution >= 4 is 10.9 Å². The Balaban J connectivity index is 2.16. The van der Waals surface area contributed by atoms with Crippen LogP contribution >= 0.6 is 0 Å². The van der Waals surface area contributed by atoms with Crippen molar-refractivity contribution < 1.29 is 17.9 Å². The highest BCUT2D eigenvalue weighted by Crippen LogP contribution is 2.34. The highest BCUT2D eigenvalue weighted by molar-refractivity contribution is 5.93. The summed E-state index contributed by atoms with van der Waals surface area (Å²) in [5.74, 6) is 0.622. The van der Waals surface area contributed by atoms with E-state index in [1.165, 1.54) is 13.2 Å². The quantitative estimate of drug-likeness (QED) is 0.766. The second kappa shape index (κ2) is 4.80. The molecule has 0 aliphatic rings. The van der Waals surface area contributed by atoms with Gasteiger partial charge in [-0.05, 0) is 30.3 Å². The number of nitrogens with one attached hydrogen (secondary N) is 1. The maximum Gasteiger partial charge on any atom is 0.416 e. The van der Waals surface area contributed by atoms with Crippen LogP contribution in [0.2, 0.25) is 0 Å². The van der Waals surface area contributed by atoms with Crippen molar-refractivity contribution in [2.45, 2.75) is 6.18 Å². The van der Waals surface area contributed by atoms with Gasteiger partial charge in [0, 0.05) is 10.9 Å². The second-order valence-corrected chi connectivity index (χ2v) is 4.56. The van der Waals surface area contributed by atoms with Gasteiger partial charge >= 0.3 is 6.18 Å². The first-order valence-corrected chi connectivity index (χ1v) is 6.19. The van der Waals surface area contributed by atoms with E-state index in [1.807, 2.05) is 0 Å². The van der Waals surface area contributed by atoms with Crippen LogP contribution in [0.15, 0.2) is 42.5 Å². The summed E-state index contributed by atoms with van der Waals surface area (Å²) in [6.45, 7) is 0. The Kier molecular flexibility index (Phi) is 3.08. The number of rotatable bonds is 2. The zero-order valence-corrected chi connectivity index (χ0v) is 11.0. The Morgan fingerprint density at radius 2 is 1.90 bits per heavy atom. The van der Waals surface area contributed by atoms with Crippen LogP contribution in [-0.2, 0) is 6.18 Å². The van der Waals surface area contributed by atoms with Gasteiger partial charge in [0.25, 0.3) is 0 Å². The van der Waals surface area contributed by atoms with E-state index in [0.29, 0.717) is 22.4 Å². The number of ether oxygens (including phenoxy) is 1. The first kappa shape index (κ1) is 13.5. The van der Waals surface area contributed by atoms with Gasteiger partial charge in [0.2, 0.25) is 0 Å². The highest BCUT2D eigenvalue weighted by Gasteiger charge is 2.30. The Morgan fingerprint density at radius 3 is 2.62 bits per heavy atom. The fourth-order valence-corrected chi connectivity index (χ4v) is 2.18. The lowest BCUT2D eigenvalue weighted by molar-refractivity contribution is -0.137. The van der Waals surface area contributed by atoms with E-state index >= 15 is 0 Å². The Morgan fingerprint density at radius 1 is 1.10 bits per heavy atom. The van der Waals surface area contributed by atoms with Gasteiger partial charge < -0.3 is 4.74 Å². The standard InChI is InChI=1S/C15H11F3N2O/c1-21-11-5-6-13-12(8-11)14(20-19-13)9-3-2-4-10(7-9)15(16,17)18/h2-8H,1H3,(H,19,20). The number of aromatic amines is 1. The van der Waals surface area contributed by atoms with Crippen LogP contribution in [0.4, 0.5) is 13.2 Å². The number of fused-ring (bicyclic) bond motifs is 1. The molecule has 1 aromatic heterocycles. The zero-order chi connectivity index (χ0) is 15.0. The fraction of sp³-hybridized carbons (Fsp3) is 0.133. The SMILES string of the molecule is COc1ccc2[nH]nc(-c3cccc(C(F)(F)F)c3)c2c1. The lowest BCUT2D eigenvalue weighted by Crippen LogP contribution is -2.04. The van der Waals surface area contributed by atoms with Crippen LogP contribution in [0.25, 0.3) is 22.2 Å². The topological polar surface area (TPSA) is 37.9 Å². The number of nitrogens with zero attached hydrogens (tertiary/aromatic N) is 1. The van der Waals surface area contributed by atoms with E-state index < -0.39 is 11.7 Å². The molecule has 0 aliphatic heterocycles. The molecule has 3 rings (SSSR count). The number of halogens is 3. The molecule has 0 amide bonds. The summed E-state index contributed by atoms with van der Waals surface area (Å²) < 4.78 is 43.5. The predicted molar refractivity (Wildman–Crippen MR) is 73.1 cm³/mol. The molecule has 21 heavy (non-hydrogen) atoms. The van der Waals surface area contributed by atoms with Crippen molar-refractivity contribution in [3.8, 4) is 17.0 Å². The van der Waals surface area contributed by atoms with Gasteiger partial charge in [0.05, 0.1) is 18.2 Å². The molecule has 0 fully saturated rings. The van der Waals surface area contributed by atoms with Gasteiger partial charge in [-0.1, -0.05) is 12.1 Å². The number of H-pyrrole nitrogens is 1. The van der Waals surface area contributed by atoms with E-state index in [0.717, 1.165) is 17.6 Å². The largest absolute Gasteiger partial charge is 0.497 e. The Hall–Kier alpha value is -2.50. The summed E-state index contributed by atoms with van der Waals surface area (Å²) in [7, 11) is 1.53. The maximum absolute atomic E-state index is 12.8. The third kappa shape index (κ3) is 2.44. The monoisotopic (exact) mass is 292 g/mol. The van der Waals surface area contributed by atoms with Crippen LogP contribution in [0.5, 0.6) is 5.75 Å². The molecule has 2 aromatic carbocycles. The van der Waals surface area contributed by atoms with Crippen molar-refractivity contribution in [1.82, 2.24) is 10.2 Å². The van der Waals surface area contributed by atoms with Gasteiger partial charge in [-0.2, -0.15) is 18.3 Å². The average Bonchev–Trinajstić information content (AvgIpc) is 2.89. The van der Waals surface area contributed by atoms with Crippen molar-refractivity contribution in [2.24, 2.45) is 0 Å². The fourth-order valence-electron chi connectivity index (χ4n) is 2.18. The van der Waals surface area contributed by atoms with E-state index in [9.17, 15) is 13.2 Å². The van der Waals surface area contributed by atoms with E-state index in [4.69, 9.17) is 4.74 Å². The molecule has 0 spiro atoms. The smallest absolute Gasteiger partial charge is 0.416 e. The number of alkyl halides is 3. The molecule has 1 heterocycles. The Labute approximate surface area is 118 Å². The molecule has 0 saturated carbocycles. The molecule has 108 valence electrons. The van der Waals surface area contributed by atoms with E-state index in [-0.39, 0.29) is 0 Å². The summed E-state index contributed by atoms with van der Waals surface area (Å²) in [6, 6.07) is 10.4. The summed E-state index contributed by atoms with van der Waals surface area (Å²) in [6.07, 6.45) is -4.38. The third-order valence-electron chi connectivity index (χ3n) is 3.23. The van der Waals surface area contributed by atoms with Crippen LogP contribution in [0.1, 0.15) is 5.56 Å². The average molecular weight is 292 g/mol. The minimum absolute atomic E-state index is 0.407. The predicted octanol–water partition coefficient (Wildman–Crippen LogP) is 4.26. The van der Waals surface area contributed by atoms with Crippen molar-refractivity contribution in [1.29, 1.82) is 0 Å². The molecule has 6 heteroatoms. The molecule has 3 nitrogen and oxygen atoms in total. The molecule has 1 N–H and O–H groups in total. The third-order valence-corrected chi connectivity index (χ3v) is 3.23. The molecular weight excluding hydrogens is 281 g/mol. The number of hydrogen-bond donors (Lipinski definition) is 1. The van der Waals surface area contributed by atoms with Crippen LogP contribution in [-0.4, -0.2) is 17.3 Å². The highest BCUT2D eigenvalue weighted by atomic mass is 19.4. The van der Waals surface area contributed by atoms with Crippen molar-refractivity contribution in [2.75, 3.05) is 7.11 Å². The molecular formula is C15H11F3N2O. The molecule has 0 aliphatic carbocycles. The second-order valence-electron chi connectivity index (χ2n) is 4.56. The normalized spacial score (nSPS) is 11.8. The summed E-state index contributed by atoms with van der Waals surface area (Å²) in [5.41, 5.74) is 0.918. The van der Waals surface area contributed by atoms with Crippen LogP contribution < -0.4 is 4.74 Å². The zero-order valence-electron chi connectivity index (χ0n) is 11.0. The van der Waals surface area contributed by atoms with Gasteiger partial charge in [-0.3, -0.25) is 5.10 Å². The number of aromatic nitrogens is 2. The van der Waals surface area contributed by atoms with Gasteiger partial charge in [0.15, 0.2) is 0 Å². The molecule has 0 atom stereocenters. The van der Waals surface area contributed by atoms with Gasteiger partial charge in [-0.15, -0.1) is 0 Å². The summed E-state index contributed by atoms with van der Waals surface area (Å²) in [4.78, 5) is 0. The lowest BCUT2D eigenvalue weighted by Gasteiger charge is -2.07. The van der Waals surface area contributed by atoms with Crippen LogP contribution in [0, 0.1) is 0 Å². The van der Waals surface area contributed by atoms with Crippen molar-refractivity contribution in [3.05, 3.63) is 48.0 Å². The first-order chi connectivity index (χ1) is 9.99. The van der Waals surface area contributed by atoms with Gasteiger partial charge in [0.1, 0.15) is 11.4 Å². The number of hydrogen-bond acceptors (Lipinski definition) is 2. The minimum Gasteiger partial charge on any atom is -0.497 e. The first-order valence-electron chi connectivity index (χ1n) is 6.19. The molecule has 0 bridgehead atoms.